The van der Waals surface area contributed by atoms with Crippen LogP contribution in [0.15, 0.2) is 42.6 Å². The van der Waals surface area contributed by atoms with Crippen molar-refractivity contribution >= 4 is 5.91 Å². The van der Waals surface area contributed by atoms with Gasteiger partial charge in [-0.25, -0.2) is 4.98 Å². The first kappa shape index (κ1) is 15.6. The number of aromatic nitrogens is 5. The third-order valence-electron chi connectivity index (χ3n) is 4.55. The zero-order valence-electron chi connectivity index (χ0n) is 14.1. The highest BCUT2D eigenvalue weighted by Gasteiger charge is 2.33. The maximum absolute atomic E-state index is 12.8. The minimum atomic E-state index is -0.0794. The molecule has 0 spiro atoms. The van der Waals surface area contributed by atoms with Crippen LogP contribution < -0.4 is 0 Å². The summed E-state index contributed by atoms with van der Waals surface area (Å²) in [6.07, 6.45) is 3.66. The van der Waals surface area contributed by atoms with Crippen molar-refractivity contribution in [2.75, 3.05) is 6.54 Å². The first-order valence-corrected chi connectivity index (χ1v) is 8.58. The topological polar surface area (TPSA) is 79.7 Å². The van der Waals surface area contributed by atoms with E-state index in [4.69, 9.17) is 0 Å². The number of aromatic amines is 1. The Hall–Kier alpha value is -2.96. The van der Waals surface area contributed by atoms with E-state index in [9.17, 15) is 4.79 Å². The zero-order chi connectivity index (χ0) is 17.2. The van der Waals surface area contributed by atoms with E-state index < -0.39 is 0 Å². The first-order valence-electron chi connectivity index (χ1n) is 8.58. The fraction of sp³-hybridized carbons (Fsp3) is 0.333. The monoisotopic (exact) mass is 336 g/mol. The average molecular weight is 336 g/mol. The number of aryl methyl sites for hydroxylation is 1. The molecule has 1 atom stereocenters. The molecule has 0 radical (unpaired) electrons. The Labute approximate surface area is 145 Å². The van der Waals surface area contributed by atoms with Gasteiger partial charge in [0.25, 0.3) is 5.91 Å². The Morgan fingerprint density at radius 3 is 2.88 bits per heavy atom. The number of H-pyrrole nitrogens is 1. The molecule has 128 valence electrons. The van der Waals surface area contributed by atoms with Gasteiger partial charge in [-0.2, -0.15) is 10.2 Å². The zero-order valence-corrected chi connectivity index (χ0v) is 14.1. The highest BCUT2D eigenvalue weighted by atomic mass is 16.2. The van der Waals surface area contributed by atoms with Gasteiger partial charge in [0.1, 0.15) is 11.5 Å². The van der Waals surface area contributed by atoms with Gasteiger partial charge in [-0.15, -0.1) is 0 Å². The fourth-order valence-electron chi connectivity index (χ4n) is 3.23. The third kappa shape index (κ3) is 2.93. The summed E-state index contributed by atoms with van der Waals surface area (Å²) in [7, 11) is 0. The lowest BCUT2D eigenvalue weighted by molar-refractivity contribution is 0.0723. The second kappa shape index (κ2) is 6.51. The Morgan fingerprint density at radius 2 is 2.12 bits per heavy atom. The predicted octanol–water partition coefficient (Wildman–Crippen LogP) is 2.67. The maximum Gasteiger partial charge on any atom is 0.274 e. The van der Waals surface area contributed by atoms with Gasteiger partial charge < -0.3 is 4.90 Å². The number of carbonyl (C=O) groups excluding carboxylic acids is 1. The summed E-state index contributed by atoms with van der Waals surface area (Å²) in [6, 6.07) is 11.5. The largest absolute Gasteiger partial charge is 0.327 e. The highest BCUT2D eigenvalue weighted by Crippen LogP contribution is 2.31. The van der Waals surface area contributed by atoms with Crippen molar-refractivity contribution in [3.63, 3.8) is 0 Å². The molecule has 7 nitrogen and oxygen atoms in total. The molecule has 0 saturated carbocycles. The molecule has 0 aliphatic carbocycles. The SMILES string of the molecule is CCn1ccc(C(=O)N2CCC[C@H]2c2nc(-c3ccccc3)n[nH]2)n1. The number of nitrogens with one attached hydrogen (secondary N) is 1. The number of hydrogen-bond donors (Lipinski definition) is 1. The normalized spacial score (nSPS) is 17.2. The second-order valence-corrected chi connectivity index (χ2v) is 6.12. The Bertz CT molecular complexity index is 869. The molecule has 3 aromatic rings. The summed E-state index contributed by atoms with van der Waals surface area (Å²) in [5.41, 5.74) is 1.44. The minimum Gasteiger partial charge on any atom is -0.327 e. The molecular formula is C18H20N6O. The summed E-state index contributed by atoms with van der Waals surface area (Å²) < 4.78 is 1.76. The lowest BCUT2D eigenvalue weighted by Crippen LogP contribution is -2.31. The van der Waals surface area contributed by atoms with Crippen LogP contribution in [0.25, 0.3) is 11.4 Å². The van der Waals surface area contributed by atoms with E-state index in [2.05, 4.69) is 20.3 Å². The molecule has 1 saturated heterocycles. The summed E-state index contributed by atoms with van der Waals surface area (Å²) in [6.45, 7) is 3.46. The molecule has 25 heavy (non-hydrogen) atoms. The molecule has 1 amide bonds. The molecule has 0 bridgehead atoms. The van der Waals surface area contributed by atoms with E-state index in [-0.39, 0.29) is 11.9 Å². The molecule has 4 rings (SSSR count). The van der Waals surface area contributed by atoms with Crippen molar-refractivity contribution in [1.82, 2.24) is 29.9 Å². The van der Waals surface area contributed by atoms with Crippen LogP contribution in [0, 0.1) is 0 Å². The number of amides is 1. The smallest absolute Gasteiger partial charge is 0.274 e. The van der Waals surface area contributed by atoms with Gasteiger partial charge in [0.15, 0.2) is 5.82 Å². The van der Waals surface area contributed by atoms with Crippen molar-refractivity contribution in [2.24, 2.45) is 0 Å². The Balaban J connectivity index is 1.57. The lowest BCUT2D eigenvalue weighted by Gasteiger charge is -2.21. The van der Waals surface area contributed by atoms with Crippen LogP contribution in [0.2, 0.25) is 0 Å². The van der Waals surface area contributed by atoms with Crippen LogP contribution in [0.4, 0.5) is 0 Å². The van der Waals surface area contributed by atoms with Gasteiger partial charge in [-0.05, 0) is 25.8 Å². The van der Waals surface area contributed by atoms with Crippen LogP contribution in [-0.2, 0) is 6.54 Å². The molecule has 1 aromatic carbocycles. The molecular weight excluding hydrogens is 316 g/mol. The van der Waals surface area contributed by atoms with Crippen LogP contribution >= 0.6 is 0 Å². The summed E-state index contributed by atoms with van der Waals surface area (Å²) in [5, 5.41) is 11.7. The summed E-state index contributed by atoms with van der Waals surface area (Å²) in [5.74, 6) is 1.34. The molecule has 0 unspecified atom stereocenters. The quantitative estimate of drug-likeness (QED) is 0.794. The van der Waals surface area contributed by atoms with Crippen LogP contribution in [0.3, 0.4) is 0 Å². The van der Waals surface area contributed by atoms with Crippen LogP contribution in [0.1, 0.15) is 42.1 Å². The fourth-order valence-corrected chi connectivity index (χ4v) is 3.23. The third-order valence-corrected chi connectivity index (χ3v) is 4.55. The number of carbonyl (C=O) groups is 1. The number of likely N-dealkylation sites (tertiary alicyclic amines) is 1. The van der Waals surface area contributed by atoms with Crippen molar-refractivity contribution in [2.45, 2.75) is 32.4 Å². The van der Waals surface area contributed by atoms with E-state index in [0.717, 1.165) is 30.8 Å². The van der Waals surface area contributed by atoms with Gasteiger partial charge in [0.2, 0.25) is 0 Å². The van der Waals surface area contributed by atoms with E-state index in [1.54, 1.807) is 10.7 Å². The molecule has 2 aromatic heterocycles. The summed E-state index contributed by atoms with van der Waals surface area (Å²) >= 11 is 0. The van der Waals surface area contributed by atoms with Gasteiger partial charge in [0.05, 0.1) is 6.04 Å². The van der Waals surface area contributed by atoms with Gasteiger partial charge in [0, 0.05) is 24.8 Å². The molecule has 1 fully saturated rings. The van der Waals surface area contributed by atoms with Crippen molar-refractivity contribution < 1.29 is 4.79 Å². The van der Waals surface area contributed by atoms with Crippen LogP contribution in [0.5, 0.6) is 0 Å². The number of rotatable bonds is 4. The van der Waals surface area contributed by atoms with E-state index in [0.29, 0.717) is 18.1 Å². The molecule has 1 aliphatic rings. The van der Waals surface area contributed by atoms with Crippen LogP contribution in [-0.4, -0.2) is 42.3 Å². The number of benzene rings is 1. The number of hydrogen-bond acceptors (Lipinski definition) is 4. The standard InChI is InChI=1S/C18H20N6O/c1-2-23-12-10-14(22-23)18(25)24-11-6-9-15(24)17-19-16(20-21-17)13-7-4-3-5-8-13/h3-5,7-8,10,12,15H,2,6,9,11H2,1H3,(H,19,20,21)/t15-/m0/s1. The highest BCUT2D eigenvalue weighted by molar-refractivity contribution is 5.92. The van der Waals surface area contributed by atoms with Crippen molar-refractivity contribution in [3.05, 3.63) is 54.1 Å². The molecule has 3 heterocycles. The van der Waals surface area contributed by atoms with Gasteiger partial charge in [-0.3, -0.25) is 14.6 Å². The molecule has 1 N–H and O–H groups in total. The minimum absolute atomic E-state index is 0.0487. The average Bonchev–Trinajstić information content (AvgIpc) is 3.41. The first-order chi connectivity index (χ1) is 12.3. The van der Waals surface area contributed by atoms with E-state index in [1.807, 2.05) is 48.4 Å². The molecule has 1 aliphatic heterocycles. The Morgan fingerprint density at radius 1 is 1.28 bits per heavy atom. The summed E-state index contributed by atoms with van der Waals surface area (Å²) in [4.78, 5) is 19.3. The van der Waals surface area contributed by atoms with E-state index >= 15 is 0 Å². The molecule has 7 heteroatoms. The second-order valence-electron chi connectivity index (χ2n) is 6.12. The Kier molecular flexibility index (Phi) is 4.05. The van der Waals surface area contributed by atoms with E-state index in [1.165, 1.54) is 0 Å². The number of nitrogens with zero attached hydrogens (tertiary/aromatic N) is 5. The lowest BCUT2D eigenvalue weighted by atomic mass is 10.2. The van der Waals surface area contributed by atoms with Crippen molar-refractivity contribution in [3.8, 4) is 11.4 Å². The predicted molar refractivity (Wildman–Crippen MR) is 92.7 cm³/mol. The van der Waals surface area contributed by atoms with Gasteiger partial charge in [-0.1, -0.05) is 30.3 Å². The van der Waals surface area contributed by atoms with Gasteiger partial charge >= 0.3 is 0 Å². The maximum atomic E-state index is 12.8. The van der Waals surface area contributed by atoms with Crippen molar-refractivity contribution in [1.29, 1.82) is 0 Å².